The average molecular weight is 369 g/mol. The van der Waals surface area contributed by atoms with E-state index in [4.69, 9.17) is 14.5 Å². The van der Waals surface area contributed by atoms with E-state index in [1.165, 1.54) is 0 Å². The predicted octanol–water partition coefficient (Wildman–Crippen LogP) is 2.91. The largest absolute Gasteiger partial charge is 0.347 e. The van der Waals surface area contributed by atoms with Gasteiger partial charge in [-0.15, -0.1) is 11.3 Å². The van der Waals surface area contributed by atoms with Crippen LogP contribution in [0.15, 0.2) is 28.4 Å². The molecule has 134 valence electrons. The molecule has 3 aromatic rings. The third-order valence-corrected chi connectivity index (χ3v) is 6.17. The molecule has 1 fully saturated rings. The predicted molar refractivity (Wildman–Crippen MR) is 99.4 cm³/mol. The Morgan fingerprint density at radius 3 is 2.81 bits per heavy atom. The lowest BCUT2D eigenvalue weighted by Crippen LogP contribution is -2.31. The number of ether oxygens (including phenoxy) is 2. The molecule has 5 rings (SSSR count). The van der Waals surface area contributed by atoms with Crippen LogP contribution in [0.4, 0.5) is 0 Å². The maximum atomic E-state index is 13.0. The Hall–Kier alpha value is -2.09. The van der Waals surface area contributed by atoms with Gasteiger partial charge in [0.2, 0.25) is 0 Å². The third-order valence-electron chi connectivity index (χ3n) is 5.16. The number of nitrogens with zero attached hydrogens (tertiary/aromatic N) is 3. The zero-order chi connectivity index (χ0) is 17.7. The van der Waals surface area contributed by atoms with Crippen molar-refractivity contribution in [2.24, 2.45) is 0 Å². The van der Waals surface area contributed by atoms with E-state index in [-0.39, 0.29) is 5.56 Å². The highest BCUT2D eigenvalue weighted by Gasteiger charge is 2.38. The van der Waals surface area contributed by atoms with Crippen molar-refractivity contribution in [2.45, 2.75) is 38.5 Å². The highest BCUT2D eigenvalue weighted by molar-refractivity contribution is 7.13. The number of aryl methyl sites for hydroxylation is 2. The van der Waals surface area contributed by atoms with E-state index in [2.05, 4.69) is 4.98 Å². The molecule has 0 saturated carbocycles. The van der Waals surface area contributed by atoms with Gasteiger partial charge in [0, 0.05) is 42.4 Å². The van der Waals surface area contributed by atoms with Gasteiger partial charge in [0.15, 0.2) is 5.79 Å². The van der Waals surface area contributed by atoms with Crippen molar-refractivity contribution in [3.63, 3.8) is 0 Å². The molecule has 0 atom stereocenters. The first-order valence-electron chi connectivity index (χ1n) is 8.87. The zero-order valence-electron chi connectivity index (χ0n) is 14.5. The van der Waals surface area contributed by atoms with Gasteiger partial charge in [-0.1, -0.05) is 6.07 Å². The van der Waals surface area contributed by atoms with Crippen LogP contribution < -0.4 is 5.56 Å². The van der Waals surface area contributed by atoms with Crippen molar-refractivity contribution in [3.05, 3.63) is 45.5 Å². The normalized spacial score (nSPS) is 19.0. The molecule has 6 nitrogen and oxygen atoms in total. The van der Waals surface area contributed by atoms with Crippen LogP contribution in [0.25, 0.3) is 21.5 Å². The molecular formula is C19H19N3O3S. The Morgan fingerprint density at radius 2 is 2.04 bits per heavy atom. The van der Waals surface area contributed by atoms with Gasteiger partial charge < -0.3 is 9.47 Å². The first kappa shape index (κ1) is 16.1. The highest BCUT2D eigenvalue weighted by atomic mass is 32.1. The first-order chi connectivity index (χ1) is 12.6. The fourth-order valence-electron chi connectivity index (χ4n) is 3.80. The van der Waals surface area contributed by atoms with Crippen LogP contribution in [0.2, 0.25) is 0 Å². The molecule has 0 unspecified atom stereocenters. The topological polar surface area (TPSA) is 66.2 Å². The molecule has 1 spiro atoms. The average Bonchev–Trinajstić information content (AvgIpc) is 3.24. The van der Waals surface area contributed by atoms with Gasteiger partial charge in [-0.25, -0.2) is 9.97 Å². The van der Waals surface area contributed by atoms with E-state index in [0.29, 0.717) is 38.0 Å². The van der Waals surface area contributed by atoms with Crippen LogP contribution >= 0.6 is 11.3 Å². The van der Waals surface area contributed by atoms with Crippen molar-refractivity contribution in [1.29, 1.82) is 0 Å². The minimum absolute atomic E-state index is 0.0157. The third kappa shape index (κ3) is 2.58. The van der Waals surface area contributed by atoms with Crippen molar-refractivity contribution in [3.8, 4) is 10.6 Å². The van der Waals surface area contributed by atoms with Gasteiger partial charge in [-0.2, -0.15) is 0 Å². The molecular weight excluding hydrogens is 350 g/mol. The van der Waals surface area contributed by atoms with Crippen LogP contribution in [-0.4, -0.2) is 33.5 Å². The van der Waals surface area contributed by atoms with Crippen LogP contribution in [0, 0.1) is 6.92 Å². The number of rotatable bonds is 1. The lowest BCUT2D eigenvalue weighted by molar-refractivity contribution is -0.165. The smallest absolute Gasteiger partial charge is 0.261 e. The van der Waals surface area contributed by atoms with E-state index < -0.39 is 5.79 Å². The Morgan fingerprint density at radius 1 is 1.19 bits per heavy atom. The van der Waals surface area contributed by atoms with Crippen molar-refractivity contribution in [2.75, 3.05) is 13.2 Å². The van der Waals surface area contributed by atoms with E-state index >= 15 is 0 Å². The van der Waals surface area contributed by atoms with Gasteiger partial charge in [-0.3, -0.25) is 9.36 Å². The molecule has 2 aliphatic rings. The fourth-order valence-corrected chi connectivity index (χ4v) is 4.60. The number of benzene rings is 1. The quantitative estimate of drug-likeness (QED) is 0.660. The number of aromatic nitrogens is 3. The van der Waals surface area contributed by atoms with E-state index in [1.54, 1.807) is 15.9 Å². The van der Waals surface area contributed by atoms with E-state index in [9.17, 15) is 4.79 Å². The summed E-state index contributed by atoms with van der Waals surface area (Å²) >= 11 is 1.60. The maximum absolute atomic E-state index is 13.0. The van der Waals surface area contributed by atoms with Gasteiger partial charge in [0.1, 0.15) is 10.8 Å². The Kier molecular flexibility index (Phi) is 3.70. The zero-order valence-corrected chi connectivity index (χ0v) is 15.3. The molecule has 26 heavy (non-hydrogen) atoms. The van der Waals surface area contributed by atoms with Gasteiger partial charge in [0.05, 0.1) is 24.1 Å². The maximum Gasteiger partial charge on any atom is 0.261 e. The molecule has 2 aliphatic heterocycles. The second-order valence-electron chi connectivity index (χ2n) is 6.87. The van der Waals surface area contributed by atoms with Crippen LogP contribution in [0.5, 0.6) is 0 Å². The second kappa shape index (κ2) is 5.97. The van der Waals surface area contributed by atoms with Gasteiger partial charge in [-0.05, 0) is 19.1 Å². The molecule has 1 saturated heterocycles. The van der Waals surface area contributed by atoms with E-state index in [1.807, 2.05) is 30.5 Å². The number of thiazole rings is 1. The monoisotopic (exact) mass is 369 g/mol. The lowest BCUT2D eigenvalue weighted by Gasteiger charge is -2.24. The Labute approximate surface area is 154 Å². The summed E-state index contributed by atoms with van der Waals surface area (Å²) in [7, 11) is 0. The molecule has 7 heteroatoms. The minimum Gasteiger partial charge on any atom is -0.347 e. The molecule has 4 heterocycles. The Balaban J connectivity index is 1.59. The number of fused-ring (bicyclic) bond motifs is 2. The SMILES string of the molecule is Cc1csc(-c2ccc3c(=O)n4c(nc3c2)CCC2(CC4)OCCO2)n1. The van der Waals surface area contributed by atoms with Crippen LogP contribution in [0.3, 0.4) is 0 Å². The Bertz CT molecular complexity index is 1050. The highest BCUT2D eigenvalue weighted by Crippen LogP contribution is 2.32. The fraction of sp³-hybridized carbons (Fsp3) is 0.421. The molecule has 1 aromatic carbocycles. The molecule has 2 aromatic heterocycles. The summed E-state index contributed by atoms with van der Waals surface area (Å²) in [4.78, 5) is 22.4. The van der Waals surface area contributed by atoms with Crippen molar-refractivity contribution >= 4 is 22.2 Å². The standard InChI is InChI=1S/C19H19N3O3S/c1-12-11-26-17(20-12)13-2-3-14-15(10-13)21-16-4-5-19(24-8-9-25-19)6-7-22(16)18(14)23/h2-3,10-11H,4-9H2,1H3. The summed E-state index contributed by atoms with van der Waals surface area (Å²) in [5.74, 6) is 0.265. The summed E-state index contributed by atoms with van der Waals surface area (Å²) in [6.45, 7) is 3.80. The first-order valence-corrected chi connectivity index (χ1v) is 9.75. The molecule has 0 bridgehead atoms. The number of hydrogen-bond donors (Lipinski definition) is 0. The molecule has 0 amide bonds. The van der Waals surface area contributed by atoms with Crippen molar-refractivity contribution < 1.29 is 9.47 Å². The molecule has 0 aliphatic carbocycles. The summed E-state index contributed by atoms with van der Waals surface area (Å²) < 4.78 is 13.5. The summed E-state index contributed by atoms with van der Waals surface area (Å²) in [5, 5.41) is 3.63. The number of hydrogen-bond acceptors (Lipinski definition) is 6. The van der Waals surface area contributed by atoms with Crippen LogP contribution in [0.1, 0.15) is 24.4 Å². The molecule has 0 radical (unpaired) electrons. The van der Waals surface area contributed by atoms with E-state index in [0.717, 1.165) is 34.0 Å². The minimum atomic E-state index is -0.546. The summed E-state index contributed by atoms with van der Waals surface area (Å²) in [6.07, 6.45) is 2.09. The van der Waals surface area contributed by atoms with Gasteiger partial charge >= 0.3 is 0 Å². The lowest BCUT2D eigenvalue weighted by atomic mass is 10.1. The second-order valence-corrected chi connectivity index (χ2v) is 7.73. The van der Waals surface area contributed by atoms with Crippen molar-refractivity contribution in [1.82, 2.24) is 14.5 Å². The molecule has 0 N–H and O–H groups in total. The van der Waals surface area contributed by atoms with Crippen LogP contribution in [-0.2, 0) is 22.4 Å². The summed E-state index contributed by atoms with van der Waals surface area (Å²) in [5.41, 5.74) is 2.75. The van der Waals surface area contributed by atoms with Gasteiger partial charge in [0.25, 0.3) is 5.56 Å². The summed E-state index contributed by atoms with van der Waals surface area (Å²) in [6, 6.07) is 5.80.